The summed E-state index contributed by atoms with van der Waals surface area (Å²) in [5, 5.41) is 0. The highest BCUT2D eigenvalue weighted by Crippen LogP contribution is 2.40. The van der Waals surface area contributed by atoms with Crippen LogP contribution in [0.5, 0.6) is 0 Å². The van der Waals surface area contributed by atoms with Crippen molar-refractivity contribution in [2.24, 2.45) is 0 Å². The maximum absolute atomic E-state index is 13.7. The summed E-state index contributed by atoms with van der Waals surface area (Å²) in [4.78, 5) is 0. The molecule has 0 spiro atoms. The third-order valence-electron chi connectivity index (χ3n) is 6.91. The van der Waals surface area contributed by atoms with Crippen LogP contribution in [0.15, 0.2) is 0 Å². The maximum Gasteiger partial charge on any atom is 0.161 e. The molecule has 0 aromatic rings. The molecule has 0 aliphatic rings. The lowest BCUT2D eigenvalue weighted by Crippen LogP contribution is -2.48. The lowest BCUT2D eigenvalue weighted by Gasteiger charge is -2.39. The summed E-state index contributed by atoms with van der Waals surface area (Å²) in [5.74, 6) is 0. The van der Waals surface area contributed by atoms with E-state index in [2.05, 4.69) is 27.7 Å². The van der Waals surface area contributed by atoms with Crippen LogP contribution in [0.25, 0.3) is 0 Å². The van der Waals surface area contributed by atoms with Gasteiger partial charge >= 0.3 is 0 Å². The molecule has 2 nitrogen and oxygen atoms in total. The van der Waals surface area contributed by atoms with Gasteiger partial charge in [0, 0.05) is 0 Å². The molecule has 0 aromatic carbocycles. The van der Waals surface area contributed by atoms with Crippen LogP contribution in [0, 0.1) is 0 Å². The van der Waals surface area contributed by atoms with Gasteiger partial charge in [0.1, 0.15) is 0 Å². The predicted molar refractivity (Wildman–Crippen MR) is 122 cm³/mol. The summed E-state index contributed by atoms with van der Waals surface area (Å²) in [6.07, 6.45) is 17.7. The van der Waals surface area contributed by atoms with Gasteiger partial charge < -0.3 is 0 Å². The van der Waals surface area contributed by atoms with Crippen LogP contribution in [-0.4, -0.2) is 17.9 Å². The molecule has 0 saturated heterocycles. The molecular weight excluding hydrogens is 352 g/mol. The predicted octanol–water partition coefficient (Wildman–Crippen LogP) is 8.24. The van der Waals surface area contributed by atoms with Crippen molar-refractivity contribution in [3.05, 3.63) is 0 Å². The summed E-state index contributed by atoms with van der Waals surface area (Å²) in [7, 11) is -3.16. The Hall–Kier alpha value is -0.0500. The van der Waals surface area contributed by atoms with Crippen molar-refractivity contribution in [2.75, 3.05) is 0 Å². The molecule has 0 rings (SSSR count). The molecule has 0 aliphatic carbocycles. The van der Waals surface area contributed by atoms with Gasteiger partial charge in [0.15, 0.2) is 9.84 Å². The van der Waals surface area contributed by atoms with Crippen LogP contribution in [-0.2, 0) is 9.84 Å². The molecular formula is C24H50O2S. The van der Waals surface area contributed by atoms with E-state index in [1.807, 2.05) is 13.8 Å². The van der Waals surface area contributed by atoms with Crippen molar-refractivity contribution >= 4 is 9.84 Å². The average Bonchev–Trinajstić information content (AvgIpc) is 2.66. The minimum absolute atomic E-state index is 0.565. The van der Waals surface area contributed by atoms with Gasteiger partial charge in [0.05, 0.1) is 9.49 Å². The highest BCUT2D eigenvalue weighted by atomic mass is 32.2. The van der Waals surface area contributed by atoms with Gasteiger partial charge in [-0.25, -0.2) is 8.42 Å². The van der Waals surface area contributed by atoms with Gasteiger partial charge in [-0.15, -0.1) is 0 Å². The maximum atomic E-state index is 13.7. The van der Waals surface area contributed by atoms with Crippen molar-refractivity contribution in [3.8, 4) is 0 Å². The fourth-order valence-corrected chi connectivity index (χ4v) is 6.93. The Bertz CT molecular complexity index is 421. The third kappa shape index (κ3) is 8.46. The number of hydrogen-bond acceptors (Lipinski definition) is 2. The van der Waals surface area contributed by atoms with Gasteiger partial charge in [-0.3, -0.25) is 0 Å². The van der Waals surface area contributed by atoms with Gasteiger partial charge in [-0.05, 0) is 39.5 Å². The summed E-state index contributed by atoms with van der Waals surface area (Å²) in [6, 6.07) is 0. The van der Waals surface area contributed by atoms with E-state index in [0.29, 0.717) is 0 Å². The van der Waals surface area contributed by atoms with Crippen LogP contribution < -0.4 is 0 Å². The van der Waals surface area contributed by atoms with Crippen molar-refractivity contribution in [3.63, 3.8) is 0 Å². The smallest absolute Gasteiger partial charge is 0.161 e. The Kier molecular flexibility index (Phi) is 14.0. The van der Waals surface area contributed by atoms with Crippen LogP contribution in [0.3, 0.4) is 0 Å². The Morgan fingerprint density at radius 3 is 1.11 bits per heavy atom. The van der Waals surface area contributed by atoms with E-state index in [-0.39, 0.29) is 0 Å². The van der Waals surface area contributed by atoms with E-state index in [9.17, 15) is 8.42 Å². The van der Waals surface area contributed by atoms with Crippen molar-refractivity contribution in [1.29, 1.82) is 0 Å². The molecule has 0 saturated carbocycles. The number of rotatable bonds is 18. The Morgan fingerprint density at radius 2 is 0.815 bits per heavy atom. The zero-order valence-electron chi connectivity index (χ0n) is 19.5. The first-order valence-corrected chi connectivity index (χ1v) is 13.5. The van der Waals surface area contributed by atoms with E-state index in [0.717, 1.165) is 38.5 Å². The molecule has 0 amide bonds. The SMILES string of the molecule is CCCCCCCCC(C)(CC)S(=O)(=O)C(C)(CC)CCCCCCCC. The first kappa shape index (κ1) is 27.0. The standard InChI is InChI=1S/C24H50O2S/c1-7-11-13-15-17-19-21-23(5,9-3)27(25,26)24(6,10-4)22-20-18-16-14-12-8-2/h7-22H2,1-6H3. The molecule has 2 unspecified atom stereocenters. The van der Waals surface area contributed by atoms with Gasteiger partial charge in [-0.1, -0.05) is 105 Å². The lowest BCUT2D eigenvalue weighted by molar-refractivity contribution is 0.415. The van der Waals surface area contributed by atoms with Gasteiger partial charge in [0.25, 0.3) is 0 Å². The fraction of sp³-hybridized carbons (Fsp3) is 1.00. The molecule has 0 fully saturated rings. The van der Waals surface area contributed by atoms with Crippen LogP contribution in [0.2, 0.25) is 0 Å². The Labute approximate surface area is 172 Å². The second-order valence-corrected chi connectivity index (χ2v) is 12.1. The normalized spacial score (nSPS) is 16.8. The molecule has 3 heteroatoms. The first-order chi connectivity index (χ1) is 12.7. The van der Waals surface area contributed by atoms with Gasteiger partial charge in [-0.2, -0.15) is 0 Å². The largest absolute Gasteiger partial charge is 0.228 e. The lowest BCUT2D eigenvalue weighted by atomic mass is 9.97. The molecule has 0 aromatic heterocycles. The fourth-order valence-electron chi connectivity index (χ4n) is 4.16. The number of unbranched alkanes of at least 4 members (excludes halogenated alkanes) is 10. The molecule has 0 bridgehead atoms. The minimum atomic E-state index is -3.16. The van der Waals surface area contributed by atoms with Crippen LogP contribution >= 0.6 is 0 Å². The van der Waals surface area contributed by atoms with Crippen molar-refractivity contribution < 1.29 is 8.42 Å². The van der Waals surface area contributed by atoms with Crippen LogP contribution in [0.4, 0.5) is 0 Å². The molecule has 0 aliphatic heterocycles. The zero-order valence-corrected chi connectivity index (χ0v) is 20.4. The Morgan fingerprint density at radius 1 is 0.519 bits per heavy atom. The Balaban J connectivity index is 4.80. The summed E-state index contributed by atoms with van der Waals surface area (Å²) in [5.41, 5.74) is 0. The molecule has 2 atom stereocenters. The van der Waals surface area contributed by atoms with E-state index >= 15 is 0 Å². The minimum Gasteiger partial charge on any atom is -0.228 e. The molecule has 0 heterocycles. The summed E-state index contributed by atoms with van der Waals surface area (Å²) in [6.45, 7) is 12.6. The second-order valence-electron chi connectivity index (χ2n) is 9.15. The van der Waals surface area contributed by atoms with E-state index in [4.69, 9.17) is 0 Å². The highest BCUT2D eigenvalue weighted by Gasteiger charge is 2.48. The number of sulfone groups is 1. The van der Waals surface area contributed by atoms with Crippen molar-refractivity contribution in [1.82, 2.24) is 0 Å². The topological polar surface area (TPSA) is 34.1 Å². The molecule has 0 N–H and O–H groups in total. The quantitative estimate of drug-likeness (QED) is 0.216. The second kappa shape index (κ2) is 14.0. The van der Waals surface area contributed by atoms with Crippen molar-refractivity contribution in [2.45, 2.75) is 154 Å². The zero-order chi connectivity index (χ0) is 20.8. The van der Waals surface area contributed by atoms with E-state index in [1.165, 1.54) is 64.2 Å². The molecule has 0 radical (unpaired) electrons. The first-order valence-electron chi connectivity index (χ1n) is 12.0. The number of hydrogen-bond donors (Lipinski definition) is 0. The molecule has 27 heavy (non-hydrogen) atoms. The summed E-state index contributed by atoms with van der Waals surface area (Å²) < 4.78 is 26.2. The molecule has 164 valence electrons. The summed E-state index contributed by atoms with van der Waals surface area (Å²) >= 11 is 0. The van der Waals surface area contributed by atoms with Crippen LogP contribution in [0.1, 0.15) is 144 Å². The van der Waals surface area contributed by atoms with E-state index in [1.54, 1.807) is 0 Å². The van der Waals surface area contributed by atoms with Gasteiger partial charge in [0.2, 0.25) is 0 Å². The third-order valence-corrected chi connectivity index (χ3v) is 10.5. The highest BCUT2D eigenvalue weighted by molar-refractivity contribution is 7.94. The van der Waals surface area contributed by atoms with E-state index < -0.39 is 19.3 Å². The average molecular weight is 403 g/mol. The monoisotopic (exact) mass is 402 g/mol.